The molecule has 2 rings (SSSR count). The van der Waals surface area contributed by atoms with Gasteiger partial charge in [0, 0.05) is 30.1 Å². The topological polar surface area (TPSA) is 37.3 Å². The third-order valence-electron chi connectivity index (χ3n) is 3.07. The number of rotatable bonds is 4. The zero-order chi connectivity index (χ0) is 13.0. The van der Waals surface area contributed by atoms with Crippen molar-refractivity contribution in [2.24, 2.45) is 10.9 Å². The van der Waals surface area contributed by atoms with E-state index in [4.69, 9.17) is 0 Å². The molecule has 1 saturated heterocycles. The van der Waals surface area contributed by atoms with Gasteiger partial charge < -0.3 is 5.32 Å². The van der Waals surface area contributed by atoms with Gasteiger partial charge in [0.05, 0.1) is 10.7 Å². The monoisotopic (exact) mass is 283 g/mol. The minimum Gasteiger partial charge on any atom is -0.362 e. The van der Waals surface area contributed by atoms with E-state index in [2.05, 4.69) is 34.5 Å². The van der Waals surface area contributed by atoms with Crippen LogP contribution in [0.1, 0.15) is 31.0 Å². The van der Waals surface area contributed by atoms with Crippen LogP contribution in [0, 0.1) is 12.8 Å². The number of hydrogen-bond acceptors (Lipinski definition) is 4. The highest BCUT2D eigenvalue weighted by Gasteiger charge is 2.19. The summed E-state index contributed by atoms with van der Waals surface area (Å²) in [6.07, 6.45) is 2.19. The lowest BCUT2D eigenvalue weighted by atomic mass is 10.0. The Morgan fingerprint density at radius 2 is 2.39 bits per heavy atom. The summed E-state index contributed by atoms with van der Waals surface area (Å²) in [4.78, 5) is 9.11. The number of hydrogen-bond donors (Lipinski definition) is 1. The van der Waals surface area contributed by atoms with Gasteiger partial charge in [0.1, 0.15) is 0 Å². The van der Waals surface area contributed by atoms with Crippen LogP contribution in [-0.2, 0) is 6.42 Å². The molecule has 18 heavy (non-hydrogen) atoms. The average molecular weight is 283 g/mol. The zero-order valence-electron chi connectivity index (χ0n) is 11.3. The Hall–Kier alpha value is -0.550. The van der Waals surface area contributed by atoms with Crippen molar-refractivity contribution < 1.29 is 0 Å². The van der Waals surface area contributed by atoms with Crippen LogP contribution < -0.4 is 5.32 Å². The molecular weight excluding hydrogens is 262 g/mol. The normalized spacial score (nSPS) is 22.4. The van der Waals surface area contributed by atoms with Crippen molar-refractivity contribution in [3.05, 3.63) is 16.1 Å². The molecule has 5 heteroatoms. The molecule has 1 aromatic rings. The molecule has 1 N–H and O–H groups in total. The molecule has 0 aliphatic carbocycles. The molecule has 0 saturated carbocycles. The second-order valence-electron chi connectivity index (χ2n) is 4.93. The van der Waals surface area contributed by atoms with E-state index in [0.29, 0.717) is 12.0 Å². The van der Waals surface area contributed by atoms with Crippen molar-refractivity contribution in [2.45, 2.75) is 39.7 Å². The lowest BCUT2D eigenvalue weighted by molar-refractivity contribution is 0.442. The van der Waals surface area contributed by atoms with E-state index in [1.807, 2.05) is 18.7 Å². The van der Waals surface area contributed by atoms with Crippen molar-refractivity contribution in [1.29, 1.82) is 0 Å². The summed E-state index contributed by atoms with van der Waals surface area (Å²) < 4.78 is 0. The lowest BCUT2D eigenvalue weighted by Crippen LogP contribution is -2.41. The molecular formula is C13H21N3S2. The molecule has 0 amide bonds. The minimum atomic E-state index is 0.589. The maximum atomic E-state index is 4.65. The van der Waals surface area contributed by atoms with E-state index < -0.39 is 0 Å². The van der Waals surface area contributed by atoms with Gasteiger partial charge in [-0.3, -0.25) is 4.99 Å². The fourth-order valence-corrected chi connectivity index (χ4v) is 3.57. The predicted octanol–water partition coefficient (Wildman–Crippen LogP) is 3.10. The number of aryl methyl sites for hydroxylation is 1. The van der Waals surface area contributed by atoms with Crippen molar-refractivity contribution in [3.8, 4) is 0 Å². The highest BCUT2D eigenvalue weighted by molar-refractivity contribution is 8.13. The van der Waals surface area contributed by atoms with E-state index in [9.17, 15) is 0 Å². The van der Waals surface area contributed by atoms with E-state index in [1.54, 1.807) is 11.3 Å². The molecule has 1 aromatic heterocycles. The maximum absolute atomic E-state index is 4.65. The Morgan fingerprint density at radius 1 is 1.56 bits per heavy atom. The fraction of sp³-hybridized carbons (Fsp3) is 0.692. The fourth-order valence-electron chi connectivity index (χ4n) is 1.94. The maximum Gasteiger partial charge on any atom is 0.156 e. The summed E-state index contributed by atoms with van der Waals surface area (Å²) in [6.45, 7) is 7.42. The van der Waals surface area contributed by atoms with E-state index in [0.717, 1.165) is 23.1 Å². The molecule has 0 spiro atoms. The first-order chi connectivity index (χ1) is 8.65. The van der Waals surface area contributed by atoms with E-state index >= 15 is 0 Å². The van der Waals surface area contributed by atoms with Crippen LogP contribution in [0.4, 0.5) is 0 Å². The quantitative estimate of drug-likeness (QED) is 0.922. The Bertz CT molecular complexity index is 412. The van der Waals surface area contributed by atoms with Crippen LogP contribution in [0.2, 0.25) is 0 Å². The Kier molecular flexibility index (Phi) is 5.06. The van der Waals surface area contributed by atoms with Gasteiger partial charge in [-0.15, -0.1) is 11.3 Å². The van der Waals surface area contributed by atoms with Gasteiger partial charge in [0.25, 0.3) is 0 Å². The van der Waals surface area contributed by atoms with Gasteiger partial charge in [-0.25, -0.2) is 4.98 Å². The second-order valence-corrected chi connectivity index (χ2v) is 7.07. The summed E-state index contributed by atoms with van der Waals surface area (Å²) in [7, 11) is 0. The number of aromatic nitrogens is 1. The summed E-state index contributed by atoms with van der Waals surface area (Å²) >= 11 is 3.56. The molecule has 1 unspecified atom stereocenters. The standard InChI is InChI=1S/C13H21N3S2/c1-9(2)12-5-7-17-13(16-12)14-6-4-11-8-18-10(3)15-11/h8-9,12H,4-7H2,1-3H3,(H,14,16). The third kappa shape index (κ3) is 3.99. The summed E-state index contributed by atoms with van der Waals surface area (Å²) in [5, 5.41) is 7.93. The van der Waals surface area contributed by atoms with E-state index in [-0.39, 0.29) is 0 Å². The van der Waals surface area contributed by atoms with Crippen LogP contribution in [-0.4, -0.2) is 28.5 Å². The number of nitrogens with zero attached hydrogens (tertiary/aromatic N) is 2. The first kappa shape index (κ1) is 13.9. The minimum absolute atomic E-state index is 0.589. The predicted molar refractivity (Wildman–Crippen MR) is 81.7 cm³/mol. The van der Waals surface area contributed by atoms with Crippen LogP contribution in [0.25, 0.3) is 0 Å². The SMILES string of the molecule is Cc1nc(CCN=C2NC(C(C)C)CCS2)cs1. The van der Waals surface area contributed by atoms with Crippen LogP contribution in [0.3, 0.4) is 0 Å². The molecule has 1 aliphatic heterocycles. The van der Waals surface area contributed by atoms with Gasteiger partial charge >= 0.3 is 0 Å². The van der Waals surface area contributed by atoms with Crippen molar-refractivity contribution in [3.63, 3.8) is 0 Å². The Labute approximate surface area is 118 Å². The average Bonchev–Trinajstić information content (AvgIpc) is 2.75. The van der Waals surface area contributed by atoms with Crippen molar-refractivity contribution >= 4 is 28.3 Å². The molecule has 0 radical (unpaired) electrons. The number of nitrogens with one attached hydrogen (secondary N) is 1. The van der Waals surface area contributed by atoms with Gasteiger partial charge in [-0.05, 0) is 19.3 Å². The van der Waals surface area contributed by atoms with Gasteiger partial charge in [-0.2, -0.15) is 0 Å². The summed E-state index contributed by atoms with van der Waals surface area (Å²) in [6, 6.07) is 0.589. The highest BCUT2D eigenvalue weighted by atomic mass is 32.2. The zero-order valence-corrected chi connectivity index (χ0v) is 12.9. The molecule has 100 valence electrons. The lowest BCUT2D eigenvalue weighted by Gasteiger charge is -2.28. The smallest absolute Gasteiger partial charge is 0.156 e. The Balaban J connectivity index is 1.82. The highest BCUT2D eigenvalue weighted by Crippen LogP contribution is 2.18. The van der Waals surface area contributed by atoms with Gasteiger partial charge in [-0.1, -0.05) is 25.6 Å². The molecule has 0 bridgehead atoms. The molecule has 1 fully saturated rings. The first-order valence-corrected chi connectivity index (χ1v) is 8.36. The molecule has 3 nitrogen and oxygen atoms in total. The largest absolute Gasteiger partial charge is 0.362 e. The number of aliphatic imine (C=N–C) groups is 1. The van der Waals surface area contributed by atoms with Gasteiger partial charge in [0.15, 0.2) is 5.17 Å². The molecule has 2 heterocycles. The number of amidine groups is 1. The summed E-state index contributed by atoms with van der Waals surface area (Å²) in [5.41, 5.74) is 1.17. The second kappa shape index (κ2) is 6.57. The van der Waals surface area contributed by atoms with Crippen molar-refractivity contribution in [1.82, 2.24) is 10.3 Å². The van der Waals surface area contributed by atoms with Crippen molar-refractivity contribution in [2.75, 3.05) is 12.3 Å². The van der Waals surface area contributed by atoms with Crippen LogP contribution in [0.5, 0.6) is 0 Å². The van der Waals surface area contributed by atoms with Gasteiger partial charge in [0.2, 0.25) is 0 Å². The first-order valence-electron chi connectivity index (χ1n) is 6.50. The third-order valence-corrected chi connectivity index (χ3v) is 4.85. The Morgan fingerprint density at radius 3 is 3.06 bits per heavy atom. The van der Waals surface area contributed by atoms with Crippen LogP contribution >= 0.6 is 23.1 Å². The van der Waals surface area contributed by atoms with Crippen LogP contribution in [0.15, 0.2) is 10.4 Å². The molecule has 0 aromatic carbocycles. The van der Waals surface area contributed by atoms with E-state index in [1.165, 1.54) is 17.9 Å². The number of thioether (sulfide) groups is 1. The summed E-state index contributed by atoms with van der Waals surface area (Å²) in [5.74, 6) is 1.86. The molecule has 1 aliphatic rings. The molecule has 1 atom stereocenters. The number of thiazole rings is 1.